The molecule has 2 aromatic rings. The molecule has 0 bridgehead atoms. The lowest BCUT2D eigenvalue weighted by atomic mass is 10.0. The fourth-order valence-corrected chi connectivity index (χ4v) is 4.30. The molecule has 1 heterocycles. The van der Waals surface area contributed by atoms with Crippen LogP contribution in [0.3, 0.4) is 0 Å². The predicted octanol–water partition coefficient (Wildman–Crippen LogP) is 4.51. The van der Waals surface area contributed by atoms with E-state index in [9.17, 15) is 15.0 Å². The number of halogens is 1. The lowest BCUT2D eigenvalue weighted by Crippen LogP contribution is -2.42. The van der Waals surface area contributed by atoms with E-state index in [4.69, 9.17) is 14.2 Å². The zero-order valence-corrected chi connectivity index (χ0v) is 27.9. The van der Waals surface area contributed by atoms with Crippen LogP contribution in [0.4, 0.5) is 5.69 Å². The van der Waals surface area contributed by atoms with Crippen LogP contribution < -0.4 is 25.4 Å². The van der Waals surface area contributed by atoms with Crippen LogP contribution in [0.25, 0.3) is 0 Å². The van der Waals surface area contributed by atoms with Crippen molar-refractivity contribution in [2.45, 2.75) is 90.5 Å². The molecule has 10 heteroatoms. The Balaban J connectivity index is 0.000000300. The summed E-state index contributed by atoms with van der Waals surface area (Å²) in [6.07, 6.45) is 3.70. The number of amides is 1. The third kappa shape index (κ3) is 15.5. The summed E-state index contributed by atoms with van der Waals surface area (Å²) >= 11 is 0. The topological polar surface area (TPSA) is 121 Å². The predicted molar refractivity (Wildman–Crippen MR) is 178 cm³/mol. The molecule has 0 radical (unpaired) electrons. The number of carbonyl (C=O) groups is 1. The molecule has 4 rings (SSSR count). The van der Waals surface area contributed by atoms with E-state index in [-0.39, 0.29) is 30.5 Å². The Kier molecular flexibility index (Phi) is 16.5. The van der Waals surface area contributed by atoms with Gasteiger partial charge in [-0.1, -0.05) is 32.0 Å². The molecule has 0 saturated heterocycles. The molecule has 2 aliphatic rings. The summed E-state index contributed by atoms with van der Waals surface area (Å²) < 4.78 is 17.0. The zero-order valence-electron chi connectivity index (χ0n) is 27.1. The van der Waals surface area contributed by atoms with Crippen molar-refractivity contribution >= 4 is 24.0 Å². The fourth-order valence-electron chi connectivity index (χ4n) is 4.30. The lowest BCUT2D eigenvalue weighted by Gasteiger charge is -2.24. The van der Waals surface area contributed by atoms with Crippen molar-refractivity contribution < 1.29 is 29.2 Å². The Hall–Kier alpha value is -2.40. The third-order valence-corrected chi connectivity index (χ3v) is 7.02. The van der Waals surface area contributed by atoms with Gasteiger partial charge in [-0.3, -0.25) is 4.79 Å². The number of ether oxygens (including phenoxy) is 3. The Morgan fingerprint density at radius 3 is 2.30 bits per heavy atom. The van der Waals surface area contributed by atoms with Crippen LogP contribution in [0.15, 0.2) is 42.5 Å². The first kappa shape index (κ1) is 37.8. The van der Waals surface area contributed by atoms with Gasteiger partial charge in [0.2, 0.25) is 5.91 Å². The van der Waals surface area contributed by atoms with E-state index in [0.717, 1.165) is 48.3 Å². The van der Waals surface area contributed by atoms with Gasteiger partial charge in [0.1, 0.15) is 36.9 Å². The van der Waals surface area contributed by atoms with Crippen LogP contribution in [0.5, 0.6) is 11.5 Å². The first-order chi connectivity index (χ1) is 20.5. The van der Waals surface area contributed by atoms with Crippen molar-refractivity contribution in [3.8, 4) is 11.5 Å². The van der Waals surface area contributed by atoms with E-state index >= 15 is 0 Å². The van der Waals surface area contributed by atoms with Gasteiger partial charge in [0.15, 0.2) is 0 Å². The SMILES string of the molecule is CC(C)(C)NCC(O)COc1cccc2c1CCC(=O)N2.CC(C)NCC(O)COc1ccc(CCOCC2CC2)cc1.Cl. The minimum absolute atomic E-state index is 0. The molecule has 0 aromatic heterocycles. The number of hydrogen-bond acceptors (Lipinski definition) is 8. The van der Waals surface area contributed by atoms with Crippen molar-refractivity contribution in [2.24, 2.45) is 5.92 Å². The summed E-state index contributed by atoms with van der Waals surface area (Å²) in [6, 6.07) is 14.0. The maximum absolute atomic E-state index is 11.4. The van der Waals surface area contributed by atoms with Crippen molar-refractivity contribution in [3.63, 3.8) is 0 Å². The van der Waals surface area contributed by atoms with Crippen molar-refractivity contribution in [3.05, 3.63) is 53.6 Å². The highest BCUT2D eigenvalue weighted by atomic mass is 35.5. The van der Waals surface area contributed by atoms with E-state index in [1.165, 1.54) is 18.4 Å². The van der Waals surface area contributed by atoms with Gasteiger partial charge in [0.05, 0.1) is 6.61 Å². The van der Waals surface area contributed by atoms with Gasteiger partial charge in [-0.15, -0.1) is 12.4 Å². The van der Waals surface area contributed by atoms with Crippen molar-refractivity contribution in [1.82, 2.24) is 10.6 Å². The minimum atomic E-state index is -0.571. The standard InChI is InChI=1S/C18H29NO3.C16H24N2O3.ClH/c1-14(2)19-11-17(20)13-22-18-7-5-15(6-8-18)9-10-21-12-16-3-4-16;1-16(2,3)17-9-11(19)10-21-14-6-4-5-13-12(14)7-8-15(20)18-13;/h5-8,14,16-17,19-20H,3-4,9-13H2,1-2H3;4-6,11,17,19H,7-10H2,1-3H3,(H,18,20);1H. The number of β-amino-alcohol motifs (C(OH)–C–C–N with tert-alkyl or cyclic N) is 1. The number of fused-ring (bicyclic) bond motifs is 1. The van der Waals surface area contributed by atoms with Gasteiger partial charge in [-0.05, 0) is 82.2 Å². The Bertz CT molecular complexity index is 1110. The number of nitrogens with one attached hydrogen (secondary N) is 3. The quantitative estimate of drug-likeness (QED) is 0.171. The molecular weight excluding hydrogens is 582 g/mol. The van der Waals surface area contributed by atoms with Gasteiger partial charge in [-0.2, -0.15) is 0 Å². The van der Waals surface area contributed by atoms with E-state index in [0.29, 0.717) is 38.6 Å². The third-order valence-electron chi connectivity index (χ3n) is 7.02. The molecule has 1 fully saturated rings. The Labute approximate surface area is 269 Å². The maximum Gasteiger partial charge on any atom is 0.224 e. The number of aliphatic hydroxyl groups is 2. The van der Waals surface area contributed by atoms with E-state index in [1.54, 1.807) is 0 Å². The molecule has 2 aromatic carbocycles. The highest BCUT2D eigenvalue weighted by molar-refractivity contribution is 5.94. The number of anilines is 1. The van der Waals surface area contributed by atoms with E-state index < -0.39 is 12.2 Å². The molecule has 1 aliphatic carbocycles. The van der Waals surface area contributed by atoms with Crippen LogP contribution in [0, 0.1) is 5.92 Å². The van der Waals surface area contributed by atoms with Gasteiger partial charge >= 0.3 is 0 Å². The second-order valence-corrected chi connectivity index (χ2v) is 12.9. The molecule has 1 saturated carbocycles. The molecule has 1 amide bonds. The van der Waals surface area contributed by atoms with Crippen molar-refractivity contribution in [2.75, 3.05) is 44.8 Å². The number of carbonyl (C=O) groups excluding carboxylic acids is 1. The molecule has 0 spiro atoms. The van der Waals surface area contributed by atoms with E-state index in [1.807, 2.05) is 30.3 Å². The monoisotopic (exact) mass is 635 g/mol. The van der Waals surface area contributed by atoms with Gasteiger partial charge in [0.25, 0.3) is 0 Å². The second-order valence-electron chi connectivity index (χ2n) is 12.9. The van der Waals surface area contributed by atoms with Crippen molar-refractivity contribution in [1.29, 1.82) is 0 Å². The second kappa shape index (κ2) is 19.2. The summed E-state index contributed by atoms with van der Waals surface area (Å²) in [6.45, 7) is 13.5. The first-order valence-electron chi connectivity index (χ1n) is 15.7. The molecule has 9 nitrogen and oxygen atoms in total. The first-order valence-corrected chi connectivity index (χ1v) is 15.7. The zero-order chi connectivity index (χ0) is 31.2. The Morgan fingerprint density at radius 2 is 1.64 bits per heavy atom. The van der Waals surface area contributed by atoms with E-state index in [2.05, 4.69) is 62.7 Å². The van der Waals surface area contributed by atoms with Gasteiger partial charge in [-0.25, -0.2) is 0 Å². The highest BCUT2D eigenvalue weighted by Gasteiger charge is 2.21. The average molecular weight is 636 g/mol. The highest BCUT2D eigenvalue weighted by Crippen LogP contribution is 2.31. The smallest absolute Gasteiger partial charge is 0.224 e. The molecule has 1 aliphatic heterocycles. The van der Waals surface area contributed by atoms with Crippen LogP contribution in [-0.4, -0.2) is 79.4 Å². The minimum Gasteiger partial charge on any atom is -0.491 e. The molecular formula is C34H54ClN3O6. The summed E-state index contributed by atoms with van der Waals surface area (Å²) in [7, 11) is 0. The molecule has 2 atom stereocenters. The summed E-state index contributed by atoms with van der Waals surface area (Å²) in [4.78, 5) is 11.4. The number of aliphatic hydroxyl groups excluding tert-OH is 2. The summed E-state index contributed by atoms with van der Waals surface area (Å²) in [5, 5.41) is 29.0. The normalized spacial score (nSPS) is 15.7. The summed E-state index contributed by atoms with van der Waals surface area (Å²) in [5.74, 6) is 2.40. The molecule has 5 N–H and O–H groups in total. The average Bonchev–Trinajstić information content (AvgIpc) is 3.80. The van der Waals surface area contributed by atoms with Crippen LogP contribution in [0.1, 0.15) is 65.0 Å². The lowest BCUT2D eigenvalue weighted by molar-refractivity contribution is -0.116. The van der Waals surface area contributed by atoms with Gasteiger partial charge in [0, 0.05) is 48.9 Å². The number of benzene rings is 2. The summed E-state index contributed by atoms with van der Waals surface area (Å²) in [5.41, 5.74) is 3.04. The number of hydrogen-bond donors (Lipinski definition) is 5. The van der Waals surface area contributed by atoms with Crippen LogP contribution in [-0.2, 0) is 22.4 Å². The van der Waals surface area contributed by atoms with Crippen LogP contribution >= 0.6 is 12.4 Å². The van der Waals surface area contributed by atoms with Crippen LogP contribution in [0.2, 0.25) is 0 Å². The Morgan fingerprint density at radius 1 is 0.955 bits per heavy atom. The molecule has 2 unspecified atom stereocenters. The molecule has 44 heavy (non-hydrogen) atoms. The molecule has 248 valence electrons. The van der Waals surface area contributed by atoms with Gasteiger partial charge < -0.3 is 40.4 Å². The maximum atomic E-state index is 11.4. The largest absolute Gasteiger partial charge is 0.491 e. The fraction of sp³-hybridized carbons (Fsp3) is 0.618. The number of rotatable bonds is 16.